The number of anilines is 1. The third-order valence-corrected chi connectivity index (χ3v) is 5.29. The van der Waals surface area contributed by atoms with E-state index in [4.69, 9.17) is 14.2 Å². The summed E-state index contributed by atoms with van der Waals surface area (Å²) in [7, 11) is 0. The minimum Gasteiger partial charge on any atom is -0.454 e. The number of carbonyl (C=O) groups excluding carboxylic acids is 2. The zero-order valence-corrected chi connectivity index (χ0v) is 18.6. The highest BCUT2D eigenvalue weighted by Crippen LogP contribution is 2.38. The minimum atomic E-state index is -1.04. The maximum atomic E-state index is 12.7. The molecule has 1 aromatic heterocycles. The van der Waals surface area contributed by atoms with Gasteiger partial charge < -0.3 is 19.5 Å². The Kier molecular flexibility index (Phi) is 6.02. The van der Waals surface area contributed by atoms with Gasteiger partial charge in [-0.1, -0.05) is 48.5 Å². The van der Waals surface area contributed by atoms with Crippen LogP contribution in [0.1, 0.15) is 10.4 Å². The van der Waals surface area contributed by atoms with Crippen LogP contribution in [0.5, 0.6) is 11.5 Å². The van der Waals surface area contributed by atoms with E-state index in [1.165, 1.54) is 0 Å². The average Bonchev–Trinajstić information content (AvgIpc) is 3.54. The summed E-state index contributed by atoms with van der Waals surface area (Å²) in [6.45, 7) is -0.793. The molecule has 36 heavy (non-hydrogen) atoms. The zero-order chi connectivity index (χ0) is 25.1. The number of esters is 1. The lowest BCUT2D eigenvalue weighted by molar-refractivity contribution is -0.385. The lowest BCUT2D eigenvalue weighted by Crippen LogP contribution is -2.22. The molecule has 0 bridgehead atoms. The van der Waals surface area contributed by atoms with E-state index in [0.29, 0.717) is 17.2 Å². The fraction of sp³-hybridized carbons (Fsp3) is 0.0800. The lowest BCUT2D eigenvalue weighted by atomic mass is 10.1. The fourth-order valence-electron chi connectivity index (χ4n) is 3.62. The topological polar surface area (TPSA) is 135 Å². The predicted molar refractivity (Wildman–Crippen MR) is 127 cm³/mol. The number of aromatic nitrogens is 2. The van der Waals surface area contributed by atoms with Gasteiger partial charge in [0.25, 0.3) is 11.6 Å². The van der Waals surface area contributed by atoms with Gasteiger partial charge in [-0.25, -0.2) is 9.48 Å². The Morgan fingerprint density at radius 2 is 1.67 bits per heavy atom. The third kappa shape index (κ3) is 4.57. The van der Waals surface area contributed by atoms with Gasteiger partial charge in [-0.3, -0.25) is 14.9 Å². The standard InChI is InChI=1S/C25H18N4O7/c30-24(14-34-25(31)18-11-21-22(36-15-35-21)13-20(18)29(32)33)26-23-12-19(16-7-3-1-4-8-16)27-28(23)17-9-5-2-6-10-17/h1-13H,14-15H2,(H,26,30). The molecule has 11 heteroatoms. The van der Waals surface area contributed by atoms with Gasteiger partial charge in [0, 0.05) is 17.7 Å². The number of nitrogens with one attached hydrogen (secondary N) is 1. The number of nitrogens with zero attached hydrogens (tertiary/aromatic N) is 3. The molecule has 1 N–H and O–H groups in total. The quantitative estimate of drug-likeness (QED) is 0.236. The smallest absolute Gasteiger partial charge is 0.345 e. The number of ether oxygens (including phenoxy) is 3. The molecule has 180 valence electrons. The Labute approximate surface area is 204 Å². The molecule has 0 fully saturated rings. The van der Waals surface area contributed by atoms with Crippen molar-refractivity contribution in [1.29, 1.82) is 0 Å². The molecule has 3 aromatic carbocycles. The van der Waals surface area contributed by atoms with Crippen molar-refractivity contribution in [2.24, 2.45) is 0 Å². The SMILES string of the molecule is O=C(COC(=O)c1cc2c(cc1[N+](=O)[O-])OCO2)Nc1cc(-c2ccccc2)nn1-c1ccccc1. The second-order valence-corrected chi connectivity index (χ2v) is 7.63. The number of rotatable bonds is 7. The van der Waals surface area contributed by atoms with Crippen LogP contribution in [-0.2, 0) is 9.53 Å². The number of amides is 1. The highest BCUT2D eigenvalue weighted by molar-refractivity contribution is 5.98. The van der Waals surface area contributed by atoms with Gasteiger partial charge >= 0.3 is 5.97 Å². The molecule has 0 spiro atoms. The van der Waals surface area contributed by atoms with Crippen LogP contribution in [0.4, 0.5) is 11.5 Å². The number of nitro benzene ring substituents is 1. The van der Waals surface area contributed by atoms with Crippen molar-refractivity contribution >= 4 is 23.4 Å². The Morgan fingerprint density at radius 1 is 1.00 bits per heavy atom. The van der Waals surface area contributed by atoms with Gasteiger partial charge in [0.15, 0.2) is 18.1 Å². The summed E-state index contributed by atoms with van der Waals surface area (Å²) in [5.74, 6) is -1.01. The molecule has 0 saturated heterocycles. The van der Waals surface area contributed by atoms with Crippen LogP contribution in [0.25, 0.3) is 16.9 Å². The van der Waals surface area contributed by atoms with Crippen molar-refractivity contribution in [3.63, 3.8) is 0 Å². The molecule has 0 unspecified atom stereocenters. The number of hydrogen-bond donors (Lipinski definition) is 1. The van der Waals surface area contributed by atoms with Gasteiger partial charge in [0.1, 0.15) is 11.4 Å². The predicted octanol–water partition coefficient (Wildman–Crippen LogP) is 3.97. The number of fused-ring (bicyclic) bond motifs is 1. The largest absolute Gasteiger partial charge is 0.454 e. The number of carbonyl (C=O) groups is 2. The maximum Gasteiger partial charge on any atom is 0.345 e. The normalized spacial score (nSPS) is 11.7. The van der Waals surface area contributed by atoms with E-state index in [-0.39, 0.29) is 23.9 Å². The van der Waals surface area contributed by atoms with E-state index in [1.807, 2.05) is 60.7 Å². The molecule has 2 heterocycles. The summed E-state index contributed by atoms with van der Waals surface area (Å²) in [5, 5.41) is 18.7. The van der Waals surface area contributed by atoms with Gasteiger partial charge in [-0.15, -0.1) is 0 Å². The van der Waals surface area contributed by atoms with Gasteiger partial charge in [0.2, 0.25) is 6.79 Å². The first-order valence-electron chi connectivity index (χ1n) is 10.8. The molecular formula is C25H18N4O7. The van der Waals surface area contributed by atoms with Gasteiger partial charge in [-0.2, -0.15) is 5.10 Å². The molecule has 1 aliphatic rings. The van der Waals surface area contributed by atoms with Crippen molar-refractivity contribution in [2.45, 2.75) is 0 Å². The molecule has 1 amide bonds. The Bertz CT molecular complexity index is 1450. The molecular weight excluding hydrogens is 468 g/mol. The van der Waals surface area contributed by atoms with Crippen LogP contribution in [0.2, 0.25) is 0 Å². The Balaban J connectivity index is 1.34. The third-order valence-electron chi connectivity index (χ3n) is 5.29. The summed E-state index contributed by atoms with van der Waals surface area (Å²) in [5.41, 5.74) is 1.33. The summed E-state index contributed by atoms with van der Waals surface area (Å²) >= 11 is 0. The lowest BCUT2D eigenvalue weighted by Gasteiger charge is -2.09. The van der Waals surface area contributed by atoms with Gasteiger partial charge in [0.05, 0.1) is 22.4 Å². The molecule has 4 aromatic rings. The second-order valence-electron chi connectivity index (χ2n) is 7.63. The monoisotopic (exact) mass is 486 g/mol. The van der Waals surface area contributed by atoms with Crippen LogP contribution in [0, 0.1) is 10.1 Å². The summed E-state index contributed by atoms with van der Waals surface area (Å²) in [6.07, 6.45) is 0. The summed E-state index contributed by atoms with van der Waals surface area (Å²) in [4.78, 5) is 35.9. The van der Waals surface area contributed by atoms with E-state index < -0.39 is 29.1 Å². The van der Waals surface area contributed by atoms with E-state index in [1.54, 1.807) is 10.7 Å². The van der Waals surface area contributed by atoms with Crippen molar-refractivity contribution in [1.82, 2.24) is 9.78 Å². The van der Waals surface area contributed by atoms with Crippen LogP contribution in [0.15, 0.2) is 78.9 Å². The van der Waals surface area contributed by atoms with Gasteiger partial charge in [-0.05, 0) is 12.1 Å². The molecule has 0 radical (unpaired) electrons. The minimum absolute atomic E-state index is 0.118. The maximum absolute atomic E-state index is 12.7. The fourth-order valence-corrected chi connectivity index (χ4v) is 3.62. The first kappa shape index (κ1) is 22.6. The number of nitro groups is 1. The molecule has 0 saturated carbocycles. The van der Waals surface area contributed by atoms with Crippen LogP contribution in [0.3, 0.4) is 0 Å². The molecule has 0 atom stereocenters. The van der Waals surface area contributed by atoms with Crippen LogP contribution in [-0.4, -0.2) is 40.0 Å². The highest BCUT2D eigenvalue weighted by Gasteiger charge is 2.28. The average molecular weight is 486 g/mol. The van der Waals surface area contributed by atoms with Crippen LogP contribution < -0.4 is 14.8 Å². The Hall–Kier alpha value is -5.19. The van der Waals surface area contributed by atoms with E-state index in [2.05, 4.69) is 10.4 Å². The molecule has 11 nitrogen and oxygen atoms in total. The van der Waals surface area contributed by atoms with E-state index in [9.17, 15) is 19.7 Å². The first-order valence-corrected chi connectivity index (χ1v) is 10.8. The first-order chi connectivity index (χ1) is 17.5. The van der Waals surface area contributed by atoms with E-state index in [0.717, 1.165) is 17.7 Å². The second kappa shape index (κ2) is 9.58. The van der Waals surface area contributed by atoms with Crippen molar-refractivity contribution in [3.8, 4) is 28.4 Å². The Morgan fingerprint density at radius 3 is 2.36 bits per heavy atom. The molecule has 1 aliphatic heterocycles. The molecule has 0 aliphatic carbocycles. The molecule has 5 rings (SSSR count). The van der Waals surface area contributed by atoms with Crippen molar-refractivity contribution < 1.29 is 28.7 Å². The van der Waals surface area contributed by atoms with E-state index >= 15 is 0 Å². The highest BCUT2D eigenvalue weighted by atomic mass is 16.7. The van der Waals surface area contributed by atoms with Crippen molar-refractivity contribution in [3.05, 3.63) is 94.5 Å². The summed E-state index contributed by atoms with van der Waals surface area (Å²) < 4.78 is 16.9. The van der Waals surface area contributed by atoms with Crippen molar-refractivity contribution in [2.75, 3.05) is 18.7 Å². The number of hydrogen-bond acceptors (Lipinski definition) is 8. The van der Waals surface area contributed by atoms with Crippen LogP contribution >= 0.6 is 0 Å². The zero-order valence-electron chi connectivity index (χ0n) is 18.6. The number of benzene rings is 3. The number of para-hydroxylation sites is 1. The summed E-state index contributed by atoms with van der Waals surface area (Å²) in [6, 6.07) is 22.6.